The third-order valence-corrected chi connectivity index (χ3v) is 4.16. The zero-order valence-corrected chi connectivity index (χ0v) is 15.7. The first-order chi connectivity index (χ1) is 11.6. The van der Waals surface area contributed by atoms with Gasteiger partial charge in [-0.3, -0.25) is 19.4 Å². The van der Waals surface area contributed by atoms with Gasteiger partial charge >= 0.3 is 5.97 Å². The van der Waals surface area contributed by atoms with Crippen molar-refractivity contribution in [2.24, 2.45) is 5.73 Å². The molecule has 6 nitrogen and oxygen atoms in total. The molecule has 25 heavy (non-hydrogen) atoms. The second kappa shape index (κ2) is 7.97. The number of primary amides is 1. The van der Waals surface area contributed by atoms with E-state index < -0.39 is 11.5 Å². The third kappa shape index (κ3) is 6.14. The summed E-state index contributed by atoms with van der Waals surface area (Å²) in [5.74, 6) is -0.575. The monoisotopic (exact) mass is 347 g/mol. The molecule has 0 unspecified atom stereocenters. The van der Waals surface area contributed by atoms with E-state index in [-0.39, 0.29) is 5.97 Å². The van der Waals surface area contributed by atoms with Crippen molar-refractivity contribution in [1.29, 1.82) is 0 Å². The summed E-state index contributed by atoms with van der Waals surface area (Å²) in [6.45, 7) is 11.9. The lowest BCUT2D eigenvalue weighted by atomic mass is 10.0. The van der Waals surface area contributed by atoms with E-state index in [1.165, 1.54) is 0 Å². The molecule has 1 aliphatic heterocycles. The summed E-state index contributed by atoms with van der Waals surface area (Å²) in [6.07, 6.45) is 0. The highest BCUT2D eigenvalue weighted by atomic mass is 16.6. The average Bonchev–Trinajstić information content (AvgIpc) is 2.47. The molecular weight excluding hydrogens is 318 g/mol. The van der Waals surface area contributed by atoms with Gasteiger partial charge in [-0.1, -0.05) is 17.7 Å². The number of hydrogen-bond acceptors (Lipinski definition) is 5. The fourth-order valence-electron chi connectivity index (χ4n) is 3.00. The van der Waals surface area contributed by atoms with Gasteiger partial charge in [0.1, 0.15) is 5.60 Å². The number of hydrogen-bond donors (Lipinski definition) is 1. The third-order valence-electron chi connectivity index (χ3n) is 4.16. The molecule has 0 bridgehead atoms. The maximum absolute atomic E-state index is 11.9. The molecule has 2 rings (SSSR count). The van der Waals surface area contributed by atoms with Crippen LogP contribution in [0.1, 0.15) is 42.3 Å². The first-order valence-electron chi connectivity index (χ1n) is 8.70. The summed E-state index contributed by atoms with van der Waals surface area (Å²) in [6, 6.07) is 5.72. The summed E-state index contributed by atoms with van der Waals surface area (Å²) in [7, 11) is 0. The number of esters is 1. The second-order valence-electron chi connectivity index (χ2n) is 7.66. The van der Waals surface area contributed by atoms with Crippen molar-refractivity contribution in [2.75, 3.05) is 32.7 Å². The summed E-state index contributed by atoms with van der Waals surface area (Å²) >= 11 is 0. The molecule has 0 saturated carbocycles. The van der Waals surface area contributed by atoms with Gasteiger partial charge in [0, 0.05) is 38.3 Å². The molecule has 1 heterocycles. The molecule has 1 aliphatic rings. The molecule has 1 aromatic carbocycles. The van der Waals surface area contributed by atoms with E-state index in [1.54, 1.807) is 6.07 Å². The summed E-state index contributed by atoms with van der Waals surface area (Å²) < 4.78 is 5.37. The molecule has 1 amide bonds. The lowest BCUT2D eigenvalue weighted by Crippen LogP contribution is -2.48. The van der Waals surface area contributed by atoms with E-state index in [1.807, 2.05) is 39.8 Å². The van der Waals surface area contributed by atoms with Crippen LogP contribution in [0.3, 0.4) is 0 Å². The number of rotatable bonds is 5. The summed E-state index contributed by atoms with van der Waals surface area (Å²) in [5.41, 5.74) is 7.70. The summed E-state index contributed by atoms with van der Waals surface area (Å²) in [4.78, 5) is 27.9. The predicted octanol–water partition coefficient (Wildman–Crippen LogP) is 1.55. The van der Waals surface area contributed by atoms with Crippen molar-refractivity contribution in [1.82, 2.24) is 9.80 Å². The molecule has 6 heteroatoms. The molecule has 0 spiro atoms. The van der Waals surface area contributed by atoms with Crippen LogP contribution in [-0.2, 0) is 16.1 Å². The van der Waals surface area contributed by atoms with Crippen molar-refractivity contribution >= 4 is 11.9 Å². The highest BCUT2D eigenvalue weighted by molar-refractivity contribution is 5.94. The number of aryl methyl sites for hydroxylation is 1. The van der Waals surface area contributed by atoms with Crippen LogP contribution in [0.25, 0.3) is 0 Å². The molecule has 0 aliphatic carbocycles. The van der Waals surface area contributed by atoms with E-state index in [9.17, 15) is 9.59 Å². The average molecular weight is 347 g/mol. The SMILES string of the molecule is Cc1ccc(C(N)=O)c(CN2CCN(CC(=O)OC(C)(C)C)CC2)c1. The van der Waals surface area contributed by atoms with Crippen molar-refractivity contribution in [3.05, 3.63) is 34.9 Å². The van der Waals surface area contributed by atoms with Gasteiger partial charge in [0.15, 0.2) is 0 Å². The fraction of sp³-hybridized carbons (Fsp3) is 0.579. The van der Waals surface area contributed by atoms with Crippen molar-refractivity contribution in [3.63, 3.8) is 0 Å². The molecule has 1 saturated heterocycles. The van der Waals surface area contributed by atoms with Gasteiger partial charge in [-0.05, 0) is 39.3 Å². The highest BCUT2D eigenvalue weighted by Crippen LogP contribution is 2.16. The zero-order chi connectivity index (χ0) is 18.6. The molecule has 1 aromatic rings. The van der Waals surface area contributed by atoms with E-state index >= 15 is 0 Å². The molecule has 2 N–H and O–H groups in total. The van der Waals surface area contributed by atoms with Crippen LogP contribution in [0.5, 0.6) is 0 Å². The van der Waals surface area contributed by atoms with Crippen LogP contribution in [0.15, 0.2) is 18.2 Å². The fourth-order valence-corrected chi connectivity index (χ4v) is 3.00. The van der Waals surface area contributed by atoms with Crippen molar-refractivity contribution in [3.8, 4) is 0 Å². The topological polar surface area (TPSA) is 75.9 Å². The number of amides is 1. The van der Waals surface area contributed by atoms with Crippen LogP contribution in [0.4, 0.5) is 0 Å². The number of nitrogens with two attached hydrogens (primary N) is 1. The molecule has 1 fully saturated rings. The largest absolute Gasteiger partial charge is 0.459 e. The van der Waals surface area contributed by atoms with Gasteiger partial charge in [-0.2, -0.15) is 0 Å². The first kappa shape index (κ1) is 19.4. The number of piperazine rings is 1. The van der Waals surface area contributed by atoms with Crippen LogP contribution < -0.4 is 5.73 Å². The number of carbonyl (C=O) groups excluding carboxylic acids is 2. The minimum atomic E-state index is -0.449. The number of ether oxygens (including phenoxy) is 1. The van der Waals surface area contributed by atoms with Crippen molar-refractivity contribution in [2.45, 2.75) is 39.8 Å². The second-order valence-corrected chi connectivity index (χ2v) is 7.66. The van der Waals surface area contributed by atoms with E-state index in [4.69, 9.17) is 10.5 Å². The molecule has 138 valence electrons. The van der Waals surface area contributed by atoms with Gasteiger partial charge < -0.3 is 10.5 Å². The maximum Gasteiger partial charge on any atom is 0.320 e. The Morgan fingerprint density at radius 3 is 2.28 bits per heavy atom. The molecule has 0 aromatic heterocycles. The van der Waals surface area contributed by atoms with E-state index in [2.05, 4.69) is 9.80 Å². The minimum Gasteiger partial charge on any atom is -0.459 e. The quantitative estimate of drug-likeness (QED) is 0.818. The van der Waals surface area contributed by atoms with Crippen LogP contribution in [0.2, 0.25) is 0 Å². The highest BCUT2D eigenvalue weighted by Gasteiger charge is 2.23. The van der Waals surface area contributed by atoms with Crippen LogP contribution in [-0.4, -0.2) is 60.0 Å². The van der Waals surface area contributed by atoms with Gasteiger partial charge in [-0.25, -0.2) is 0 Å². The lowest BCUT2D eigenvalue weighted by molar-refractivity contribution is -0.156. The van der Waals surface area contributed by atoms with Gasteiger partial charge in [0.25, 0.3) is 0 Å². The Morgan fingerprint density at radius 2 is 1.72 bits per heavy atom. The Labute approximate surface area is 149 Å². The van der Waals surface area contributed by atoms with E-state index in [0.717, 1.165) is 37.3 Å². The summed E-state index contributed by atoms with van der Waals surface area (Å²) in [5, 5.41) is 0. The standard InChI is InChI=1S/C19H29N3O3/c1-14-5-6-16(18(20)24)15(11-14)12-21-7-9-22(10-8-21)13-17(23)25-19(2,3)4/h5-6,11H,7-10,12-13H2,1-4H3,(H2,20,24). The molecule has 0 atom stereocenters. The van der Waals surface area contributed by atoms with Crippen LogP contribution in [0, 0.1) is 6.92 Å². The Balaban J connectivity index is 1.88. The molecule has 0 radical (unpaired) electrons. The lowest BCUT2D eigenvalue weighted by Gasteiger charge is -2.34. The minimum absolute atomic E-state index is 0.185. The smallest absolute Gasteiger partial charge is 0.320 e. The van der Waals surface area contributed by atoms with Crippen molar-refractivity contribution < 1.29 is 14.3 Å². The van der Waals surface area contributed by atoms with Gasteiger partial charge in [0.05, 0.1) is 6.54 Å². The molecular formula is C19H29N3O3. The Kier molecular flexibility index (Phi) is 6.19. The number of benzene rings is 1. The van der Waals surface area contributed by atoms with Gasteiger partial charge in [-0.15, -0.1) is 0 Å². The van der Waals surface area contributed by atoms with E-state index in [0.29, 0.717) is 18.7 Å². The number of carbonyl (C=O) groups is 2. The normalized spacial score (nSPS) is 16.6. The maximum atomic E-state index is 11.9. The zero-order valence-electron chi connectivity index (χ0n) is 15.7. The Bertz CT molecular complexity index is 629. The van der Waals surface area contributed by atoms with Crippen LogP contribution >= 0.6 is 0 Å². The Morgan fingerprint density at radius 1 is 1.12 bits per heavy atom. The Hall–Kier alpha value is -1.92. The predicted molar refractivity (Wildman–Crippen MR) is 97.3 cm³/mol. The first-order valence-corrected chi connectivity index (χ1v) is 8.70. The number of nitrogens with zero attached hydrogens (tertiary/aromatic N) is 2. The van der Waals surface area contributed by atoms with Gasteiger partial charge in [0.2, 0.25) is 5.91 Å².